The van der Waals surface area contributed by atoms with Crippen LogP contribution in [-0.2, 0) is 6.18 Å². The molecule has 1 atom stereocenters. The molecule has 0 amide bonds. The lowest BCUT2D eigenvalue weighted by molar-refractivity contribution is -0.138. The molecular weight excluding hydrogens is 399 g/mol. The Labute approximate surface area is 171 Å². The third-order valence-electron chi connectivity index (χ3n) is 5.76. The number of carbonyl (C=O) groups is 2. The molecule has 0 bridgehead atoms. The van der Waals surface area contributed by atoms with Crippen LogP contribution in [0, 0.1) is 5.92 Å². The highest BCUT2D eigenvalue weighted by Crippen LogP contribution is 2.44. The Kier molecular flexibility index (Phi) is 5.05. The molecule has 0 radical (unpaired) electrons. The van der Waals surface area contributed by atoms with Crippen LogP contribution in [0.5, 0.6) is 11.5 Å². The highest BCUT2D eigenvalue weighted by atomic mass is 19.4. The summed E-state index contributed by atoms with van der Waals surface area (Å²) in [6.45, 7) is 1.07. The Hall–Kier alpha value is -2.87. The molecule has 2 aliphatic rings. The van der Waals surface area contributed by atoms with Gasteiger partial charge in [0.25, 0.3) is 0 Å². The standard InChI is InChI=1S/C22H20F3NO4/c1-29-17-7-6-13(12-15(17)22(23,24)25)19(27)18-20(28)14-4-2-3-5-16(14)30-21(18)8-10-26-11-9-21/h2-7,12,18,26H,8-11H2,1H3. The van der Waals surface area contributed by atoms with Gasteiger partial charge in [-0.1, -0.05) is 12.1 Å². The lowest BCUT2D eigenvalue weighted by Gasteiger charge is -2.45. The Morgan fingerprint density at radius 3 is 2.53 bits per heavy atom. The van der Waals surface area contributed by atoms with Crippen molar-refractivity contribution in [2.75, 3.05) is 20.2 Å². The summed E-state index contributed by atoms with van der Waals surface area (Å²) in [5.41, 5.74) is -2.07. The van der Waals surface area contributed by atoms with Crippen LogP contribution in [0.1, 0.15) is 39.1 Å². The molecule has 8 heteroatoms. The van der Waals surface area contributed by atoms with Crippen LogP contribution >= 0.6 is 0 Å². The number of para-hydroxylation sites is 1. The number of Topliss-reactive ketones (excluding diaryl/α,β-unsaturated/α-hetero) is 2. The van der Waals surface area contributed by atoms with Crippen molar-refractivity contribution in [2.45, 2.75) is 24.6 Å². The van der Waals surface area contributed by atoms with E-state index < -0.39 is 34.8 Å². The second kappa shape index (κ2) is 7.43. The number of methoxy groups -OCH3 is 1. The number of fused-ring (bicyclic) bond motifs is 1. The fraction of sp³-hybridized carbons (Fsp3) is 0.364. The van der Waals surface area contributed by atoms with Gasteiger partial charge in [0.1, 0.15) is 23.0 Å². The van der Waals surface area contributed by atoms with Crippen LogP contribution in [0.15, 0.2) is 42.5 Å². The number of rotatable bonds is 3. The number of nitrogens with one attached hydrogen (secondary N) is 1. The summed E-state index contributed by atoms with van der Waals surface area (Å²) in [5, 5.41) is 3.17. The van der Waals surface area contributed by atoms with Crippen LogP contribution in [0.25, 0.3) is 0 Å². The Morgan fingerprint density at radius 2 is 1.87 bits per heavy atom. The van der Waals surface area contributed by atoms with Crippen molar-refractivity contribution >= 4 is 11.6 Å². The van der Waals surface area contributed by atoms with Gasteiger partial charge in [0.05, 0.1) is 18.2 Å². The van der Waals surface area contributed by atoms with Crippen molar-refractivity contribution in [3.63, 3.8) is 0 Å². The Bertz CT molecular complexity index is 996. The molecule has 1 spiro atoms. The van der Waals surface area contributed by atoms with Gasteiger partial charge >= 0.3 is 6.18 Å². The van der Waals surface area contributed by atoms with E-state index >= 15 is 0 Å². The topological polar surface area (TPSA) is 64.6 Å². The zero-order valence-corrected chi connectivity index (χ0v) is 16.2. The maximum atomic E-state index is 13.5. The highest BCUT2D eigenvalue weighted by Gasteiger charge is 2.53. The van der Waals surface area contributed by atoms with Crippen molar-refractivity contribution in [1.29, 1.82) is 0 Å². The van der Waals surface area contributed by atoms with Gasteiger partial charge in [0, 0.05) is 18.4 Å². The quantitative estimate of drug-likeness (QED) is 0.604. The van der Waals surface area contributed by atoms with Crippen molar-refractivity contribution in [2.24, 2.45) is 5.92 Å². The number of piperidine rings is 1. The van der Waals surface area contributed by atoms with E-state index in [1.165, 1.54) is 6.07 Å². The maximum absolute atomic E-state index is 13.5. The molecule has 0 aliphatic carbocycles. The molecule has 5 nitrogen and oxygen atoms in total. The third-order valence-corrected chi connectivity index (χ3v) is 5.76. The van der Waals surface area contributed by atoms with Crippen LogP contribution < -0.4 is 14.8 Å². The summed E-state index contributed by atoms with van der Waals surface area (Å²) in [7, 11) is 1.13. The third kappa shape index (κ3) is 3.35. The average molecular weight is 419 g/mol. The van der Waals surface area contributed by atoms with Crippen LogP contribution in [0.3, 0.4) is 0 Å². The van der Waals surface area contributed by atoms with Gasteiger partial charge in [0.15, 0.2) is 11.6 Å². The van der Waals surface area contributed by atoms with Crippen molar-refractivity contribution < 1.29 is 32.2 Å². The molecule has 2 heterocycles. The number of ketones is 2. The molecule has 30 heavy (non-hydrogen) atoms. The fourth-order valence-electron chi connectivity index (χ4n) is 4.28. The molecule has 0 saturated carbocycles. The number of carbonyl (C=O) groups excluding carboxylic acids is 2. The van der Waals surface area contributed by atoms with E-state index in [0.717, 1.165) is 19.2 Å². The van der Waals surface area contributed by atoms with E-state index in [-0.39, 0.29) is 16.9 Å². The molecule has 1 saturated heterocycles. The SMILES string of the molecule is COc1ccc(C(=O)C2C(=O)c3ccccc3OC23CCNCC3)cc1C(F)(F)F. The Balaban J connectivity index is 1.81. The van der Waals surface area contributed by atoms with E-state index in [1.54, 1.807) is 24.3 Å². The first kappa shape index (κ1) is 20.4. The number of benzene rings is 2. The Morgan fingerprint density at radius 1 is 1.17 bits per heavy atom. The number of halogens is 3. The van der Waals surface area contributed by atoms with E-state index in [1.807, 2.05) is 0 Å². The smallest absolute Gasteiger partial charge is 0.419 e. The second-order valence-corrected chi connectivity index (χ2v) is 7.49. The first-order valence-electron chi connectivity index (χ1n) is 9.59. The molecule has 158 valence electrons. The predicted molar refractivity (Wildman–Crippen MR) is 102 cm³/mol. The molecule has 1 fully saturated rings. The largest absolute Gasteiger partial charge is 0.496 e. The summed E-state index contributed by atoms with van der Waals surface area (Å²) in [4.78, 5) is 26.8. The summed E-state index contributed by atoms with van der Waals surface area (Å²) in [6, 6.07) is 9.77. The summed E-state index contributed by atoms with van der Waals surface area (Å²) in [5.74, 6) is -2.30. The minimum Gasteiger partial charge on any atom is -0.496 e. The lowest BCUT2D eigenvalue weighted by Crippen LogP contribution is -2.58. The molecule has 2 aliphatic heterocycles. The van der Waals surface area contributed by atoms with Crippen molar-refractivity contribution in [1.82, 2.24) is 5.32 Å². The maximum Gasteiger partial charge on any atom is 0.419 e. The zero-order valence-electron chi connectivity index (χ0n) is 16.2. The van der Waals surface area contributed by atoms with Crippen molar-refractivity contribution in [3.8, 4) is 11.5 Å². The second-order valence-electron chi connectivity index (χ2n) is 7.49. The molecule has 2 aromatic rings. The van der Waals surface area contributed by atoms with Crippen LogP contribution in [-0.4, -0.2) is 37.4 Å². The van der Waals surface area contributed by atoms with Gasteiger partial charge in [-0.3, -0.25) is 9.59 Å². The van der Waals surface area contributed by atoms with E-state index in [0.29, 0.717) is 31.7 Å². The molecule has 4 rings (SSSR count). The predicted octanol–water partition coefficient (Wildman–Crippen LogP) is 3.91. The number of alkyl halides is 3. The molecule has 1 unspecified atom stereocenters. The lowest BCUT2D eigenvalue weighted by atomic mass is 9.70. The van der Waals surface area contributed by atoms with Gasteiger partial charge in [0.2, 0.25) is 0 Å². The number of ether oxygens (including phenoxy) is 2. The minimum atomic E-state index is -4.70. The average Bonchev–Trinajstić information content (AvgIpc) is 2.73. The van der Waals surface area contributed by atoms with Gasteiger partial charge in [-0.25, -0.2) is 0 Å². The van der Waals surface area contributed by atoms with E-state index in [4.69, 9.17) is 9.47 Å². The first-order valence-corrected chi connectivity index (χ1v) is 9.59. The van der Waals surface area contributed by atoms with E-state index in [2.05, 4.69) is 5.32 Å². The molecule has 0 aromatic heterocycles. The van der Waals surface area contributed by atoms with Gasteiger partial charge in [-0.05, 0) is 43.4 Å². The van der Waals surface area contributed by atoms with Crippen LogP contribution in [0.2, 0.25) is 0 Å². The molecule has 2 aromatic carbocycles. The van der Waals surface area contributed by atoms with Gasteiger partial charge in [-0.15, -0.1) is 0 Å². The first-order chi connectivity index (χ1) is 14.3. The molecule has 1 N–H and O–H groups in total. The molecular formula is C22H20F3NO4. The zero-order chi connectivity index (χ0) is 21.5. The number of hydrogen-bond donors (Lipinski definition) is 1. The fourth-order valence-corrected chi connectivity index (χ4v) is 4.28. The monoisotopic (exact) mass is 419 g/mol. The minimum absolute atomic E-state index is 0.192. The summed E-state index contributed by atoms with van der Waals surface area (Å²) < 4.78 is 51.4. The highest BCUT2D eigenvalue weighted by molar-refractivity contribution is 6.18. The summed E-state index contributed by atoms with van der Waals surface area (Å²) in [6.07, 6.45) is -3.91. The van der Waals surface area contributed by atoms with Gasteiger partial charge < -0.3 is 14.8 Å². The van der Waals surface area contributed by atoms with Crippen molar-refractivity contribution in [3.05, 3.63) is 59.2 Å². The summed E-state index contributed by atoms with van der Waals surface area (Å²) >= 11 is 0. The normalized spacial score (nSPS) is 20.4. The van der Waals surface area contributed by atoms with Crippen LogP contribution in [0.4, 0.5) is 13.2 Å². The van der Waals surface area contributed by atoms with E-state index in [9.17, 15) is 22.8 Å². The number of hydrogen-bond acceptors (Lipinski definition) is 5. The van der Waals surface area contributed by atoms with Gasteiger partial charge in [-0.2, -0.15) is 13.2 Å².